The van der Waals surface area contributed by atoms with Gasteiger partial charge in [0.05, 0.1) is 17.6 Å². The van der Waals surface area contributed by atoms with Crippen molar-refractivity contribution in [2.45, 2.75) is 65.1 Å². The average molecular weight is 565 g/mol. The Morgan fingerprint density at radius 3 is 2.41 bits per heavy atom. The van der Waals surface area contributed by atoms with Gasteiger partial charge in [0, 0.05) is 36.4 Å². The Hall–Kier alpha value is -3.79. The molecule has 0 bridgehead atoms. The maximum atomic E-state index is 15.2. The Morgan fingerprint density at radius 1 is 1.07 bits per heavy atom. The van der Waals surface area contributed by atoms with Gasteiger partial charge >= 0.3 is 0 Å². The molecule has 0 spiro atoms. The Morgan fingerprint density at radius 2 is 1.78 bits per heavy atom. The Kier molecular flexibility index (Phi) is 7.63. The van der Waals surface area contributed by atoms with Crippen LogP contribution in [0.4, 0.5) is 31.8 Å². The zero-order valence-corrected chi connectivity index (χ0v) is 24.8. The van der Waals surface area contributed by atoms with Crippen LogP contribution in [0.2, 0.25) is 0 Å². The lowest BCUT2D eigenvalue weighted by Gasteiger charge is -2.41. The van der Waals surface area contributed by atoms with Crippen molar-refractivity contribution < 1.29 is 18.3 Å². The summed E-state index contributed by atoms with van der Waals surface area (Å²) >= 11 is 0. The molecule has 1 saturated heterocycles. The number of carbonyl (C=O) groups excluding carboxylic acids is 1. The van der Waals surface area contributed by atoms with E-state index < -0.39 is 11.4 Å². The van der Waals surface area contributed by atoms with Crippen LogP contribution in [0.25, 0.3) is 11.3 Å². The number of aromatic nitrogens is 2. The van der Waals surface area contributed by atoms with E-state index in [2.05, 4.69) is 39.2 Å². The first-order valence-corrected chi connectivity index (χ1v) is 14.0. The van der Waals surface area contributed by atoms with Crippen LogP contribution >= 0.6 is 0 Å². The first-order valence-electron chi connectivity index (χ1n) is 14.0. The number of fused-ring (bicyclic) bond motifs is 1. The highest BCUT2D eigenvalue weighted by Gasteiger charge is 2.43. The molecular formula is C31H38F2N6O2. The number of rotatable bonds is 6. The van der Waals surface area contributed by atoms with Gasteiger partial charge in [-0.25, -0.2) is 18.7 Å². The SMILES string of the molecule is Cc1cc(-c2nc(Nc3ccc(N4CCC(N(C)C)CC4)c(F)c3)ncc2F)cc2c1OC(C)(C)C(=O)N2C(C)C. The molecule has 0 aliphatic carbocycles. The van der Waals surface area contributed by atoms with E-state index >= 15 is 8.78 Å². The minimum Gasteiger partial charge on any atom is -0.476 e. The molecular weight excluding hydrogens is 526 g/mol. The van der Waals surface area contributed by atoms with Gasteiger partial charge < -0.3 is 24.8 Å². The molecule has 0 saturated carbocycles. The third-order valence-corrected chi connectivity index (χ3v) is 7.88. The first-order chi connectivity index (χ1) is 19.4. The fourth-order valence-electron chi connectivity index (χ4n) is 5.64. The first kappa shape index (κ1) is 28.7. The summed E-state index contributed by atoms with van der Waals surface area (Å²) < 4.78 is 36.3. The molecule has 8 nitrogen and oxygen atoms in total. The van der Waals surface area contributed by atoms with E-state index in [4.69, 9.17) is 4.74 Å². The third-order valence-electron chi connectivity index (χ3n) is 7.88. The van der Waals surface area contributed by atoms with Crippen LogP contribution in [0, 0.1) is 18.6 Å². The quantitative estimate of drug-likeness (QED) is 0.399. The number of aryl methyl sites for hydroxylation is 1. The third kappa shape index (κ3) is 5.57. The number of benzene rings is 2. The van der Waals surface area contributed by atoms with Crippen molar-refractivity contribution in [1.82, 2.24) is 14.9 Å². The Balaban J connectivity index is 1.41. The molecule has 0 radical (unpaired) electrons. The molecule has 2 aliphatic rings. The predicted octanol–water partition coefficient (Wildman–Crippen LogP) is 5.92. The average Bonchev–Trinajstić information content (AvgIpc) is 2.91. The zero-order chi connectivity index (χ0) is 29.6. The van der Waals surface area contributed by atoms with Crippen LogP contribution in [0.5, 0.6) is 5.75 Å². The second-order valence-corrected chi connectivity index (χ2v) is 11.9. The molecule has 10 heteroatoms. The molecule has 1 N–H and O–H groups in total. The number of carbonyl (C=O) groups is 1. The van der Waals surface area contributed by atoms with Crippen molar-refractivity contribution >= 4 is 28.9 Å². The highest BCUT2D eigenvalue weighted by molar-refractivity contribution is 6.03. The maximum absolute atomic E-state index is 15.2. The Labute approximate surface area is 240 Å². The summed E-state index contributed by atoms with van der Waals surface area (Å²) in [5.74, 6) is -0.412. The van der Waals surface area contributed by atoms with Crippen molar-refractivity contribution in [2.24, 2.45) is 0 Å². The molecule has 1 aromatic heterocycles. The number of halogens is 2. The molecule has 41 heavy (non-hydrogen) atoms. The lowest BCUT2D eigenvalue weighted by molar-refractivity contribution is -0.133. The van der Waals surface area contributed by atoms with E-state index in [0.29, 0.717) is 34.4 Å². The lowest BCUT2D eigenvalue weighted by Crippen LogP contribution is -2.55. The van der Waals surface area contributed by atoms with E-state index in [9.17, 15) is 4.79 Å². The minimum absolute atomic E-state index is 0.0650. The van der Waals surface area contributed by atoms with Crippen LogP contribution in [0.15, 0.2) is 36.5 Å². The molecule has 218 valence electrons. The standard InChI is InChI=1S/C31H38F2N6O2/c1-18(2)39-26-15-20(14-19(3)28(26)41-31(4,5)29(39)40)27-24(33)17-34-30(36-27)35-21-8-9-25(23(32)16-21)38-12-10-22(11-13-38)37(6)7/h8-9,14-18,22H,10-13H2,1-7H3,(H,34,35,36). The molecule has 2 aliphatic heterocycles. The number of nitrogens with one attached hydrogen (secondary N) is 1. The lowest BCUT2D eigenvalue weighted by atomic mass is 9.98. The number of nitrogens with zero attached hydrogens (tertiary/aromatic N) is 5. The zero-order valence-electron chi connectivity index (χ0n) is 24.8. The molecule has 2 aromatic carbocycles. The summed E-state index contributed by atoms with van der Waals surface area (Å²) in [7, 11) is 4.15. The molecule has 0 unspecified atom stereocenters. The predicted molar refractivity (Wildman–Crippen MR) is 158 cm³/mol. The summed E-state index contributed by atoms with van der Waals surface area (Å²) in [4.78, 5) is 27.7. The molecule has 1 fully saturated rings. The summed E-state index contributed by atoms with van der Waals surface area (Å²) in [6.45, 7) is 10.8. The topological polar surface area (TPSA) is 73.8 Å². The normalized spacial score (nSPS) is 17.2. The molecule has 5 rings (SSSR count). The van der Waals surface area contributed by atoms with Gasteiger partial charge in [-0.1, -0.05) is 0 Å². The largest absolute Gasteiger partial charge is 0.476 e. The van der Waals surface area contributed by atoms with Gasteiger partial charge in [0.1, 0.15) is 17.3 Å². The van der Waals surface area contributed by atoms with Gasteiger partial charge in [-0.15, -0.1) is 0 Å². The van der Waals surface area contributed by atoms with E-state index in [-0.39, 0.29) is 29.4 Å². The number of amides is 1. The van der Waals surface area contributed by atoms with Gasteiger partial charge in [0.2, 0.25) is 5.95 Å². The van der Waals surface area contributed by atoms with E-state index in [1.165, 1.54) is 6.07 Å². The van der Waals surface area contributed by atoms with Gasteiger partial charge in [-0.2, -0.15) is 0 Å². The summed E-state index contributed by atoms with van der Waals surface area (Å²) in [5, 5.41) is 3.01. The van der Waals surface area contributed by atoms with Crippen molar-refractivity contribution in [1.29, 1.82) is 0 Å². The fourth-order valence-corrected chi connectivity index (χ4v) is 5.64. The van der Waals surface area contributed by atoms with Crippen molar-refractivity contribution in [3.8, 4) is 17.0 Å². The molecule has 0 atom stereocenters. The molecule has 1 amide bonds. The monoisotopic (exact) mass is 564 g/mol. The van der Waals surface area contributed by atoms with Crippen LogP contribution in [0.1, 0.15) is 46.1 Å². The number of ether oxygens (including phenoxy) is 1. The molecule has 3 heterocycles. The second-order valence-electron chi connectivity index (χ2n) is 11.9. The van der Waals surface area contributed by atoms with Crippen molar-refractivity contribution in [3.63, 3.8) is 0 Å². The number of hydrogen-bond acceptors (Lipinski definition) is 7. The fraction of sp³-hybridized carbons (Fsp3) is 0.452. The Bertz CT molecular complexity index is 1470. The number of piperidine rings is 1. The maximum Gasteiger partial charge on any atom is 0.270 e. The number of hydrogen-bond donors (Lipinski definition) is 1. The van der Waals surface area contributed by atoms with E-state index in [1.807, 2.05) is 20.8 Å². The minimum atomic E-state index is -1.02. The van der Waals surface area contributed by atoms with E-state index in [1.54, 1.807) is 43.0 Å². The smallest absolute Gasteiger partial charge is 0.270 e. The number of anilines is 4. The summed E-state index contributed by atoms with van der Waals surface area (Å²) in [6.07, 6.45) is 3.05. The van der Waals surface area contributed by atoms with Crippen LogP contribution in [-0.2, 0) is 4.79 Å². The molecule has 3 aromatic rings. The van der Waals surface area contributed by atoms with Crippen LogP contribution in [0.3, 0.4) is 0 Å². The van der Waals surface area contributed by atoms with Crippen molar-refractivity contribution in [3.05, 3.63) is 53.7 Å². The highest BCUT2D eigenvalue weighted by atomic mass is 19.1. The van der Waals surface area contributed by atoms with Gasteiger partial charge in [-0.05, 0) is 97.5 Å². The summed E-state index contributed by atoms with van der Waals surface area (Å²) in [5.41, 5.74) is 1.87. The second kappa shape index (κ2) is 10.9. The van der Waals surface area contributed by atoms with E-state index in [0.717, 1.165) is 37.7 Å². The van der Waals surface area contributed by atoms with Gasteiger partial charge in [0.15, 0.2) is 11.4 Å². The van der Waals surface area contributed by atoms with Crippen LogP contribution < -0.4 is 19.9 Å². The van der Waals surface area contributed by atoms with Gasteiger partial charge in [-0.3, -0.25) is 4.79 Å². The van der Waals surface area contributed by atoms with Crippen molar-refractivity contribution in [2.75, 3.05) is 42.3 Å². The van der Waals surface area contributed by atoms with Gasteiger partial charge in [0.25, 0.3) is 5.91 Å². The van der Waals surface area contributed by atoms with Crippen LogP contribution in [-0.4, -0.2) is 65.6 Å². The summed E-state index contributed by atoms with van der Waals surface area (Å²) in [6, 6.07) is 8.82. The highest BCUT2D eigenvalue weighted by Crippen LogP contribution is 2.44.